The molecule has 1 unspecified atom stereocenters. The SMILES string of the molecule is Cc1cc(N2C(=O)C(=O)/C(=C(/O)c3ccc(OC(C)C)cc3)C2c2cccs2)no1. The molecule has 7 nitrogen and oxygen atoms in total. The van der Waals surface area contributed by atoms with Crippen LogP contribution in [0.2, 0.25) is 0 Å². The van der Waals surface area contributed by atoms with Crippen LogP contribution in [-0.4, -0.2) is 28.1 Å². The van der Waals surface area contributed by atoms with Gasteiger partial charge in [0.15, 0.2) is 5.82 Å². The van der Waals surface area contributed by atoms with Crippen LogP contribution in [0.3, 0.4) is 0 Å². The van der Waals surface area contributed by atoms with E-state index < -0.39 is 17.7 Å². The maximum atomic E-state index is 12.9. The Hall–Kier alpha value is -3.39. The van der Waals surface area contributed by atoms with Gasteiger partial charge in [-0.2, -0.15) is 0 Å². The molecule has 1 aromatic carbocycles. The molecule has 1 atom stereocenters. The van der Waals surface area contributed by atoms with Gasteiger partial charge in [0.1, 0.15) is 23.3 Å². The Morgan fingerprint density at radius 1 is 1.23 bits per heavy atom. The maximum absolute atomic E-state index is 12.9. The number of anilines is 1. The fourth-order valence-corrected chi connectivity index (χ4v) is 4.19. The predicted octanol–water partition coefficient (Wildman–Crippen LogP) is 4.46. The van der Waals surface area contributed by atoms with Crippen LogP contribution in [-0.2, 0) is 9.59 Å². The van der Waals surface area contributed by atoms with Gasteiger partial charge < -0.3 is 14.4 Å². The number of thiophene rings is 1. The largest absolute Gasteiger partial charge is 0.507 e. The molecule has 1 aliphatic heterocycles. The smallest absolute Gasteiger partial charge is 0.301 e. The van der Waals surface area contributed by atoms with Crippen molar-refractivity contribution in [3.05, 3.63) is 69.6 Å². The van der Waals surface area contributed by atoms with Crippen molar-refractivity contribution < 1.29 is 24.0 Å². The molecule has 0 bridgehead atoms. The highest BCUT2D eigenvalue weighted by Gasteiger charge is 2.48. The van der Waals surface area contributed by atoms with Crippen molar-refractivity contribution in [2.45, 2.75) is 32.9 Å². The first-order chi connectivity index (χ1) is 14.4. The van der Waals surface area contributed by atoms with Crippen LogP contribution in [0.25, 0.3) is 5.76 Å². The Morgan fingerprint density at radius 2 is 1.97 bits per heavy atom. The molecule has 1 amide bonds. The van der Waals surface area contributed by atoms with Crippen LogP contribution < -0.4 is 9.64 Å². The summed E-state index contributed by atoms with van der Waals surface area (Å²) in [5.41, 5.74) is 0.433. The molecule has 8 heteroatoms. The molecule has 0 saturated carbocycles. The first-order valence-electron chi connectivity index (χ1n) is 9.41. The summed E-state index contributed by atoms with van der Waals surface area (Å²) in [5.74, 6) is -0.386. The van der Waals surface area contributed by atoms with Gasteiger partial charge >= 0.3 is 5.91 Å². The Bertz CT molecular complexity index is 1110. The van der Waals surface area contributed by atoms with Crippen molar-refractivity contribution in [2.24, 2.45) is 0 Å². The van der Waals surface area contributed by atoms with Crippen molar-refractivity contribution in [1.29, 1.82) is 0 Å². The Labute approximate surface area is 177 Å². The number of aliphatic hydroxyl groups is 1. The van der Waals surface area contributed by atoms with Gasteiger partial charge in [0, 0.05) is 16.5 Å². The van der Waals surface area contributed by atoms with Crippen molar-refractivity contribution in [3.8, 4) is 5.75 Å². The number of benzene rings is 1. The summed E-state index contributed by atoms with van der Waals surface area (Å²) in [6, 6.07) is 11.2. The minimum absolute atomic E-state index is 0.0134. The monoisotopic (exact) mass is 424 g/mol. The predicted molar refractivity (Wildman–Crippen MR) is 113 cm³/mol. The van der Waals surface area contributed by atoms with Crippen LogP contribution in [0, 0.1) is 6.92 Å². The van der Waals surface area contributed by atoms with E-state index in [1.165, 1.54) is 16.2 Å². The van der Waals surface area contributed by atoms with Crippen molar-refractivity contribution >= 4 is 34.6 Å². The summed E-state index contributed by atoms with van der Waals surface area (Å²) in [6.07, 6.45) is 0.0134. The molecular weight excluding hydrogens is 404 g/mol. The number of hydrogen-bond donors (Lipinski definition) is 1. The Morgan fingerprint density at radius 3 is 2.53 bits per heavy atom. The first kappa shape index (κ1) is 19.9. The van der Waals surface area contributed by atoms with Gasteiger partial charge in [-0.05, 0) is 56.5 Å². The van der Waals surface area contributed by atoms with E-state index in [9.17, 15) is 14.7 Å². The van der Waals surface area contributed by atoms with Crippen LogP contribution in [0.15, 0.2) is 57.9 Å². The number of aromatic nitrogens is 1. The zero-order valence-electron chi connectivity index (χ0n) is 16.7. The molecule has 3 heterocycles. The summed E-state index contributed by atoms with van der Waals surface area (Å²) in [7, 11) is 0. The summed E-state index contributed by atoms with van der Waals surface area (Å²) in [4.78, 5) is 27.8. The van der Waals surface area contributed by atoms with Gasteiger partial charge in [-0.15, -0.1) is 11.3 Å². The van der Waals surface area contributed by atoms with E-state index in [4.69, 9.17) is 9.26 Å². The van der Waals surface area contributed by atoms with Gasteiger partial charge in [-0.3, -0.25) is 14.5 Å². The van der Waals surface area contributed by atoms with Crippen LogP contribution in [0.5, 0.6) is 5.75 Å². The second-order valence-electron chi connectivity index (χ2n) is 7.17. The molecular formula is C22H20N2O5S. The lowest BCUT2D eigenvalue weighted by Crippen LogP contribution is -2.29. The third-order valence-electron chi connectivity index (χ3n) is 4.62. The van der Waals surface area contributed by atoms with E-state index in [1.54, 1.807) is 37.3 Å². The second kappa shape index (κ2) is 7.79. The number of amides is 1. The minimum atomic E-state index is -0.791. The average Bonchev–Trinajstić information content (AvgIpc) is 3.43. The summed E-state index contributed by atoms with van der Waals surface area (Å²) in [6.45, 7) is 5.54. The molecule has 1 fully saturated rings. The molecule has 1 saturated heterocycles. The van der Waals surface area contributed by atoms with Crippen molar-refractivity contribution in [1.82, 2.24) is 5.16 Å². The summed E-state index contributed by atoms with van der Waals surface area (Å²) < 4.78 is 10.7. The molecule has 3 aromatic rings. The topological polar surface area (TPSA) is 92.9 Å². The van der Waals surface area contributed by atoms with E-state index in [0.717, 1.165) is 4.88 Å². The number of rotatable bonds is 5. The number of nitrogens with zero attached hydrogens (tertiary/aromatic N) is 2. The average molecular weight is 424 g/mol. The molecule has 4 rings (SSSR count). The van der Waals surface area contributed by atoms with Crippen molar-refractivity contribution in [3.63, 3.8) is 0 Å². The van der Waals surface area contributed by atoms with Crippen LogP contribution in [0.1, 0.15) is 36.1 Å². The summed E-state index contributed by atoms with van der Waals surface area (Å²) in [5, 5.41) is 16.8. The molecule has 2 aromatic heterocycles. The lowest BCUT2D eigenvalue weighted by atomic mass is 10.00. The lowest BCUT2D eigenvalue weighted by molar-refractivity contribution is -0.132. The molecule has 30 heavy (non-hydrogen) atoms. The van der Waals surface area contributed by atoms with E-state index in [0.29, 0.717) is 17.1 Å². The maximum Gasteiger partial charge on any atom is 0.301 e. The highest BCUT2D eigenvalue weighted by Crippen LogP contribution is 2.43. The molecule has 0 radical (unpaired) electrons. The van der Waals surface area contributed by atoms with Gasteiger partial charge in [0.05, 0.1) is 11.7 Å². The Balaban J connectivity index is 1.82. The van der Waals surface area contributed by atoms with Crippen molar-refractivity contribution in [2.75, 3.05) is 4.90 Å². The first-order valence-corrected chi connectivity index (χ1v) is 10.3. The number of Topliss-reactive ketones (excluding diaryl/α,β-unsaturated/α-hetero) is 1. The normalized spacial score (nSPS) is 18.4. The zero-order valence-corrected chi connectivity index (χ0v) is 17.5. The van der Waals surface area contributed by atoms with Gasteiger partial charge in [-0.25, -0.2) is 0 Å². The minimum Gasteiger partial charge on any atom is -0.507 e. The fraction of sp³-hybridized carbons (Fsp3) is 0.227. The second-order valence-corrected chi connectivity index (χ2v) is 8.15. The quantitative estimate of drug-likeness (QED) is 0.369. The number of ether oxygens (including phenoxy) is 1. The lowest BCUT2D eigenvalue weighted by Gasteiger charge is -2.21. The molecule has 1 aliphatic rings. The van der Waals surface area contributed by atoms with Crippen LogP contribution in [0.4, 0.5) is 5.82 Å². The number of carbonyl (C=O) groups is 2. The highest BCUT2D eigenvalue weighted by atomic mass is 32.1. The standard InChI is InChI=1S/C22H20N2O5S/c1-12(2)28-15-8-6-14(7-9-15)20(25)18-19(16-5-4-10-30-16)24(22(27)21(18)26)17-11-13(3)29-23-17/h4-12,19,25H,1-3H3/b20-18+. The highest BCUT2D eigenvalue weighted by molar-refractivity contribution is 7.10. The van der Waals surface area contributed by atoms with Gasteiger partial charge in [-0.1, -0.05) is 11.2 Å². The molecule has 0 aliphatic carbocycles. The number of aliphatic hydroxyl groups excluding tert-OH is 1. The zero-order chi connectivity index (χ0) is 21.4. The number of carbonyl (C=O) groups excluding carboxylic acids is 2. The van der Waals surface area contributed by atoms with Gasteiger partial charge in [0.2, 0.25) is 0 Å². The fourth-order valence-electron chi connectivity index (χ4n) is 3.37. The van der Waals surface area contributed by atoms with E-state index in [2.05, 4.69) is 5.16 Å². The van der Waals surface area contributed by atoms with E-state index in [-0.39, 0.29) is 23.3 Å². The third kappa shape index (κ3) is 3.50. The van der Waals surface area contributed by atoms with Crippen LogP contribution >= 0.6 is 11.3 Å². The third-order valence-corrected chi connectivity index (χ3v) is 5.54. The molecule has 154 valence electrons. The number of ketones is 1. The Kier molecular flexibility index (Phi) is 5.17. The van der Waals surface area contributed by atoms with E-state index in [1.807, 2.05) is 31.4 Å². The van der Waals surface area contributed by atoms with E-state index >= 15 is 0 Å². The number of hydrogen-bond acceptors (Lipinski definition) is 7. The molecule has 0 spiro atoms. The van der Waals surface area contributed by atoms with Gasteiger partial charge in [0.25, 0.3) is 5.78 Å². The summed E-state index contributed by atoms with van der Waals surface area (Å²) >= 11 is 1.39. The molecule has 1 N–H and O–H groups in total. The number of aryl methyl sites for hydroxylation is 1.